The van der Waals surface area contributed by atoms with Crippen molar-refractivity contribution in [3.63, 3.8) is 0 Å². The van der Waals surface area contributed by atoms with Crippen molar-refractivity contribution in [3.8, 4) is 0 Å². The summed E-state index contributed by atoms with van der Waals surface area (Å²) in [6.45, 7) is 5.51. The molecule has 0 saturated heterocycles. The number of aliphatic hydroxyl groups is 1. The van der Waals surface area contributed by atoms with Gasteiger partial charge in [0.25, 0.3) is 0 Å². The first-order chi connectivity index (χ1) is 18.2. The SMILES string of the molecule is C[C@H](CCCOS(=O)(=O)[O-])[C@H]1CC[C@H]2[C@@H]3[C@H](OS(=O)(=O)[O-])C[C@H]4C[C@H](O)CC[C@]4(C)[C@H]3C[C@H](OS(=O)(=O)[O-])[C@]12C.[Na+].[Na+].[Na+]. The number of hydrogen-bond donors (Lipinski definition) is 1. The number of fused-ring (bicyclic) bond motifs is 5. The third-order valence-corrected chi connectivity index (χ3v) is 12.4. The summed E-state index contributed by atoms with van der Waals surface area (Å²) < 4.78 is 119. The van der Waals surface area contributed by atoms with Crippen LogP contribution in [0.3, 0.4) is 0 Å². The van der Waals surface area contributed by atoms with E-state index in [2.05, 4.69) is 4.18 Å². The maximum atomic E-state index is 12.0. The summed E-state index contributed by atoms with van der Waals surface area (Å²) >= 11 is 0. The second-order valence-electron chi connectivity index (χ2n) is 12.8. The maximum absolute atomic E-state index is 12.0. The van der Waals surface area contributed by atoms with Gasteiger partial charge in [-0.1, -0.05) is 20.8 Å². The summed E-state index contributed by atoms with van der Waals surface area (Å²) in [4.78, 5) is 0. The summed E-state index contributed by atoms with van der Waals surface area (Å²) in [5, 5.41) is 10.4. The normalized spacial score (nSPS) is 40.0. The van der Waals surface area contributed by atoms with Crippen LogP contribution >= 0.6 is 0 Å². The van der Waals surface area contributed by atoms with Crippen molar-refractivity contribution in [2.45, 2.75) is 96.9 Å². The second kappa shape index (κ2) is 16.1. The van der Waals surface area contributed by atoms with Crippen molar-refractivity contribution in [2.24, 2.45) is 46.3 Å². The van der Waals surface area contributed by atoms with E-state index in [9.17, 15) is 44.0 Å². The van der Waals surface area contributed by atoms with E-state index in [0.29, 0.717) is 38.5 Å². The van der Waals surface area contributed by atoms with E-state index in [1.54, 1.807) is 0 Å². The summed E-state index contributed by atoms with van der Waals surface area (Å²) in [5.41, 5.74) is -1.33. The first-order valence-electron chi connectivity index (χ1n) is 13.8. The van der Waals surface area contributed by atoms with Gasteiger partial charge in [0.05, 0.1) is 24.9 Å². The van der Waals surface area contributed by atoms with E-state index in [-0.39, 0.29) is 144 Å². The molecule has 4 aliphatic carbocycles. The Hall–Kier alpha value is 2.57. The molecule has 0 aromatic heterocycles. The summed E-state index contributed by atoms with van der Waals surface area (Å²) in [6, 6.07) is 0. The van der Waals surface area contributed by atoms with Crippen molar-refractivity contribution < 1.29 is 145 Å². The molecule has 0 bridgehead atoms. The third-order valence-electron chi connectivity index (χ3n) is 11.0. The number of rotatable bonds is 10. The predicted octanol–water partition coefficient (Wildman–Crippen LogP) is -7.18. The van der Waals surface area contributed by atoms with Gasteiger partial charge in [-0.25, -0.2) is 25.3 Å². The average molecular weight is 701 g/mol. The molecule has 234 valence electrons. The molecule has 19 heteroatoms. The zero-order valence-electron chi connectivity index (χ0n) is 25.8. The Kier molecular flexibility index (Phi) is 16.3. The molecule has 13 nitrogen and oxygen atoms in total. The molecule has 11 atom stereocenters. The summed E-state index contributed by atoms with van der Waals surface area (Å²) in [7, 11) is -15.0. The van der Waals surface area contributed by atoms with E-state index in [0.717, 1.165) is 0 Å². The minimum atomic E-state index is -5.11. The Morgan fingerprint density at radius 2 is 1.44 bits per heavy atom. The zero-order valence-corrected chi connectivity index (χ0v) is 34.3. The fourth-order valence-electron chi connectivity index (χ4n) is 9.38. The maximum Gasteiger partial charge on any atom is 1.00 e. The van der Waals surface area contributed by atoms with Gasteiger partial charge >= 0.3 is 88.7 Å². The van der Waals surface area contributed by atoms with Gasteiger partial charge in [-0.2, -0.15) is 0 Å². The molecule has 4 saturated carbocycles. The van der Waals surface area contributed by atoms with Gasteiger partial charge in [-0.05, 0) is 98.7 Å². The molecule has 0 radical (unpaired) electrons. The summed E-state index contributed by atoms with van der Waals surface area (Å²) in [6.07, 6.45) is 1.22. The molecule has 0 unspecified atom stereocenters. The largest absolute Gasteiger partial charge is 1.00 e. The molecule has 0 aromatic carbocycles. The van der Waals surface area contributed by atoms with E-state index in [1.165, 1.54) is 0 Å². The standard InChI is InChI=1S/C24H42O13S3.3Na/c1-14(5-4-10-35-38(26,27)28)17-6-7-18-22-19(13-21(24(17,18)3)37-40(32,33)34)23(2)9-8-16(25)11-15(23)12-20(22)36-39(29,30)31;;;/h14-22,25H,4-13H2,1-3H3,(H,26,27,28)(H,29,30,31)(H,32,33,34);;;/q;3*+1/p-3/t14-,15-,16-,17-,18+,19+,20-,21+,22+,23+,24-;;;/m1.../s1. The Morgan fingerprint density at radius 3 is 2.00 bits per heavy atom. The van der Waals surface area contributed by atoms with Crippen molar-refractivity contribution in [3.05, 3.63) is 0 Å². The molecule has 0 amide bonds. The van der Waals surface area contributed by atoms with Crippen LogP contribution in [-0.2, 0) is 43.7 Å². The molecule has 43 heavy (non-hydrogen) atoms. The minimum Gasteiger partial charge on any atom is -0.726 e. The minimum absolute atomic E-state index is 0. The van der Waals surface area contributed by atoms with Gasteiger partial charge < -0.3 is 18.8 Å². The first kappa shape index (κ1) is 43.6. The van der Waals surface area contributed by atoms with Crippen molar-refractivity contribution in [2.75, 3.05) is 6.61 Å². The van der Waals surface area contributed by atoms with Crippen LogP contribution < -0.4 is 88.7 Å². The van der Waals surface area contributed by atoms with Gasteiger partial charge in [0.15, 0.2) is 0 Å². The fraction of sp³-hybridized carbons (Fsp3) is 1.00. The Bertz CT molecular complexity index is 1270. The van der Waals surface area contributed by atoms with Gasteiger partial charge in [0.2, 0.25) is 31.2 Å². The van der Waals surface area contributed by atoms with Crippen molar-refractivity contribution in [1.29, 1.82) is 0 Å². The molecule has 0 heterocycles. The van der Waals surface area contributed by atoms with Gasteiger partial charge in [-0.3, -0.25) is 12.5 Å². The fourth-order valence-corrected chi connectivity index (χ4v) is 10.8. The van der Waals surface area contributed by atoms with Gasteiger partial charge in [0, 0.05) is 5.41 Å². The molecule has 4 aliphatic rings. The van der Waals surface area contributed by atoms with Gasteiger partial charge in [-0.15, -0.1) is 0 Å². The topological polar surface area (TPSA) is 220 Å². The number of aliphatic hydroxyl groups excluding tert-OH is 1. The molecular weight excluding hydrogens is 661 g/mol. The van der Waals surface area contributed by atoms with Crippen LogP contribution in [0.25, 0.3) is 0 Å². The summed E-state index contributed by atoms with van der Waals surface area (Å²) in [5.74, 6) is -1.57. The van der Waals surface area contributed by atoms with Crippen molar-refractivity contribution >= 4 is 31.2 Å². The molecule has 0 aromatic rings. The van der Waals surface area contributed by atoms with Crippen LogP contribution in [0.15, 0.2) is 0 Å². The molecule has 4 fully saturated rings. The Labute approximate surface area is 322 Å². The van der Waals surface area contributed by atoms with E-state index in [1.807, 2.05) is 20.8 Å². The van der Waals surface area contributed by atoms with Crippen LogP contribution in [0.1, 0.15) is 78.6 Å². The zero-order chi connectivity index (χ0) is 29.9. The molecule has 0 spiro atoms. The Balaban J connectivity index is 0.00000308. The molecular formula is C24H39Na3O13S3. The monoisotopic (exact) mass is 700 g/mol. The van der Waals surface area contributed by atoms with Crippen LogP contribution in [0, 0.1) is 46.3 Å². The average Bonchev–Trinajstić information content (AvgIpc) is 3.14. The predicted molar refractivity (Wildman–Crippen MR) is 135 cm³/mol. The Morgan fingerprint density at radius 1 is 0.837 bits per heavy atom. The molecule has 0 aliphatic heterocycles. The quantitative estimate of drug-likeness (QED) is 0.0971. The first-order valence-corrected chi connectivity index (χ1v) is 17.8. The third kappa shape index (κ3) is 10.1. The number of hydrogen-bond acceptors (Lipinski definition) is 13. The van der Waals surface area contributed by atoms with Crippen LogP contribution in [0.5, 0.6) is 0 Å². The van der Waals surface area contributed by atoms with E-state index in [4.69, 9.17) is 8.37 Å². The van der Waals surface area contributed by atoms with Crippen molar-refractivity contribution in [1.82, 2.24) is 0 Å². The van der Waals surface area contributed by atoms with Crippen LogP contribution in [0.2, 0.25) is 0 Å². The van der Waals surface area contributed by atoms with E-state index < -0.39 is 66.3 Å². The molecule has 1 N–H and O–H groups in total. The molecule has 4 rings (SSSR count). The second-order valence-corrected chi connectivity index (χ2v) is 15.9. The van der Waals surface area contributed by atoms with Crippen LogP contribution in [0.4, 0.5) is 0 Å². The van der Waals surface area contributed by atoms with E-state index >= 15 is 0 Å². The van der Waals surface area contributed by atoms with Gasteiger partial charge in [0.1, 0.15) is 0 Å². The smallest absolute Gasteiger partial charge is 0.726 e. The van der Waals surface area contributed by atoms with Crippen LogP contribution in [-0.4, -0.2) is 68.9 Å².